The molecule has 1 aromatic heterocycles. The molecule has 25 heavy (non-hydrogen) atoms. The van der Waals surface area contributed by atoms with Gasteiger partial charge in [-0.1, -0.05) is 0 Å². The standard InChI is InChI=1S/C16H20N4O5/c1-5-25-16-18-8-10(14(17)20-16)15(21)19-9-6-11(22-2)13(24-4)12(7-9)23-3/h6-8H,5H2,1-4H3,(H,19,21)(H2,17,18,20). The first-order valence-corrected chi connectivity index (χ1v) is 7.40. The summed E-state index contributed by atoms with van der Waals surface area (Å²) in [6.07, 6.45) is 1.31. The fraction of sp³-hybridized carbons (Fsp3) is 0.312. The highest BCUT2D eigenvalue weighted by Crippen LogP contribution is 2.40. The molecule has 0 saturated carbocycles. The van der Waals surface area contributed by atoms with Gasteiger partial charge in [0.25, 0.3) is 5.91 Å². The predicted octanol–water partition coefficient (Wildman–Crippen LogP) is 1.74. The number of benzene rings is 1. The number of hydrogen-bond acceptors (Lipinski definition) is 8. The number of nitrogen functional groups attached to an aromatic ring is 1. The number of aromatic nitrogens is 2. The van der Waals surface area contributed by atoms with E-state index in [-0.39, 0.29) is 17.4 Å². The Kier molecular flexibility index (Phi) is 5.83. The predicted molar refractivity (Wildman–Crippen MR) is 91.7 cm³/mol. The Hall–Kier alpha value is -3.23. The summed E-state index contributed by atoms with van der Waals surface area (Å²) in [4.78, 5) is 20.3. The minimum atomic E-state index is -0.477. The quantitative estimate of drug-likeness (QED) is 0.777. The van der Waals surface area contributed by atoms with Gasteiger partial charge in [0.1, 0.15) is 11.4 Å². The van der Waals surface area contributed by atoms with Crippen molar-refractivity contribution in [2.75, 3.05) is 39.0 Å². The Morgan fingerprint density at radius 2 is 1.80 bits per heavy atom. The van der Waals surface area contributed by atoms with E-state index in [2.05, 4.69) is 15.3 Å². The zero-order chi connectivity index (χ0) is 18.4. The maximum atomic E-state index is 12.4. The van der Waals surface area contributed by atoms with Gasteiger partial charge in [-0.15, -0.1) is 0 Å². The number of nitrogens with one attached hydrogen (secondary N) is 1. The van der Waals surface area contributed by atoms with Gasteiger partial charge >= 0.3 is 6.01 Å². The van der Waals surface area contributed by atoms with Crippen LogP contribution in [0.4, 0.5) is 11.5 Å². The molecule has 0 atom stereocenters. The van der Waals surface area contributed by atoms with Crippen LogP contribution in [0.2, 0.25) is 0 Å². The molecule has 2 aromatic rings. The Morgan fingerprint density at radius 1 is 1.16 bits per heavy atom. The number of amides is 1. The fourth-order valence-corrected chi connectivity index (χ4v) is 2.10. The van der Waals surface area contributed by atoms with Crippen LogP contribution >= 0.6 is 0 Å². The Bertz CT molecular complexity index is 741. The molecule has 0 aliphatic rings. The SMILES string of the molecule is CCOc1ncc(C(=O)Nc2cc(OC)c(OC)c(OC)c2)c(N)n1. The summed E-state index contributed by atoms with van der Waals surface area (Å²) in [5.41, 5.74) is 6.36. The van der Waals surface area contributed by atoms with Crippen LogP contribution in [0.5, 0.6) is 23.3 Å². The molecule has 0 saturated heterocycles. The van der Waals surface area contributed by atoms with E-state index in [1.807, 2.05) is 0 Å². The van der Waals surface area contributed by atoms with Gasteiger partial charge in [0, 0.05) is 24.0 Å². The molecule has 0 spiro atoms. The van der Waals surface area contributed by atoms with Crippen molar-refractivity contribution in [3.8, 4) is 23.3 Å². The first kappa shape index (κ1) is 18.1. The molecule has 0 aliphatic heterocycles. The second-order valence-electron chi connectivity index (χ2n) is 4.75. The van der Waals surface area contributed by atoms with Gasteiger partial charge in [-0.25, -0.2) is 4.98 Å². The molecule has 0 aliphatic carbocycles. The number of carbonyl (C=O) groups is 1. The molecule has 9 heteroatoms. The van der Waals surface area contributed by atoms with Gasteiger partial charge < -0.3 is 30.0 Å². The first-order valence-electron chi connectivity index (χ1n) is 7.40. The number of ether oxygens (including phenoxy) is 4. The van der Waals surface area contributed by atoms with Crippen molar-refractivity contribution in [2.24, 2.45) is 0 Å². The minimum Gasteiger partial charge on any atom is -0.493 e. The van der Waals surface area contributed by atoms with Crippen LogP contribution < -0.4 is 30.0 Å². The first-order chi connectivity index (χ1) is 12.0. The van der Waals surface area contributed by atoms with Crippen molar-refractivity contribution in [3.05, 3.63) is 23.9 Å². The number of nitrogens with zero attached hydrogens (tertiary/aromatic N) is 2. The third kappa shape index (κ3) is 4.00. The summed E-state index contributed by atoms with van der Waals surface area (Å²) < 4.78 is 20.9. The lowest BCUT2D eigenvalue weighted by Gasteiger charge is -2.15. The van der Waals surface area contributed by atoms with Crippen LogP contribution in [0.25, 0.3) is 0 Å². The van der Waals surface area contributed by atoms with Crippen molar-refractivity contribution in [3.63, 3.8) is 0 Å². The number of nitrogens with two attached hydrogens (primary N) is 1. The van der Waals surface area contributed by atoms with E-state index in [0.717, 1.165) is 0 Å². The van der Waals surface area contributed by atoms with E-state index in [1.54, 1.807) is 19.1 Å². The van der Waals surface area contributed by atoms with E-state index in [9.17, 15) is 4.79 Å². The lowest BCUT2D eigenvalue weighted by molar-refractivity contribution is 0.102. The largest absolute Gasteiger partial charge is 0.493 e. The third-order valence-electron chi connectivity index (χ3n) is 3.24. The fourth-order valence-electron chi connectivity index (χ4n) is 2.10. The van der Waals surface area contributed by atoms with Crippen molar-refractivity contribution in [2.45, 2.75) is 6.92 Å². The highest BCUT2D eigenvalue weighted by atomic mass is 16.5. The molecule has 0 unspecified atom stereocenters. The van der Waals surface area contributed by atoms with Crippen LogP contribution in [-0.4, -0.2) is 43.8 Å². The van der Waals surface area contributed by atoms with E-state index < -0.39 is 5.91 Å². The highest BCUT2D eigenvalue weighted by Gasteiger charge is 2.17. The van der Waals surface area contributed by atoms with Crippen LogP contribution in [0.15, 0.2) is 18.3 Å². The van der Waals surface area contributed by atoms with E-state index in [1.165, 1.54) is 27.5 Å². The van der Waals surface area contributed by atoms with Gasteiger partial charge in [0.05, 0.1) is 27.9 Å². The summed E-state index contributed by atoms with van der Waals surface area (Å²) in [5, 5.41) is 2.70. The number of hydrogen-bond donors (Lipinski definition) is 2. The van der Waals surface area contributed by atoms with E-state index in [0.29, 0.717) is 29.5 Å². The van der Waals surface area contributed by atoms with E-state index >= 15 is 0 Å². The van der Waals surface area contributed by atoms with Crippen molar-refractivity contribution < 1.29 is 23.7 Å². The van der Waals surface area contributed by atoms with Crippen molar-refractivity contribution in [1.29, 1.82) is 0 Å². The Morgan fingerprint density at radius 3 is 2.28 bits per heavy atom. The summed E-state index contributed by atoms with van der Waals surface area (Å²) in [6.45, 7) is 2.20. The number of methoxy groups -OCH3 is 3. The smallest absolute Gasteiger partial charge is 0.318 e. The maximum absolute atomic E-state index is 12.4. The molecule has 9 nitrogen and oxygen atoms in total. The van der Waals surface area contributed by atoms with Gasteiger partial charge in [-0.2, -0.15) is 4.98 Å². The average molecular weight is 348 g/mol. The second-order valence-corrected chi connectivity index (χ2v) is 4.75. The number of rotatable bonds is 7. The van der Waals surface area contributed by atoms with Crippen LogP contribution in [0, 0.1) is 0 Å². The molecule has 3 N–H and O–H groups in total. The second kappa shape index (κ2) is 8.04. The molecule has 0 radical (unpaired) electrons. The average Bonchev–Trinajstić information content (AvgIpc) is 2.61. The summed E-state index contributed by atoms with van der Waals surface area (Å²) in [5.74, 6) is 0.784. The summed E-state index contributed by atoms with van der Waals surface area (Å²) in [7, 11) is 4.47. The topological polar surface area (TPSA) is 118 Å². The zero-order valence-corrected chi connectivity index (χ0v) is 14.5. The molecule has 1 heterocycles. The third-order valence-corrected chi connectivity index (χ3v) is 3.24. The zero-order valence-electron chi connectivity index (χ0n) is 14.5. The van der Waals surface area contributed by atoms with Gasteiger partial charge in [-0.3, -0.25) is 4.79 Å². The van der Waals surface area contributed by atoms with Crippen LogP contribution in [-0.2, 0) is 0 Å². The molecule has 1 aromatic carbocycles. The summed E-state index contributed by atoms with van der Waals surface area (Å²) >= 11 is 0. The van der Waals surface area contributed by atoms with E-state index in [4.69, 9.17) is 24.7 Å². The lowest BCUT2D eigenvalue weighted by Crippen LogP contribution is -2.16. The molecular weight excluding hydrogens is 328 g/mol. The molecular formula is C16H20N4O5. The van der Waals surface area contributed by atoms with Gasteiger partial charge in [-0.05, 0) is 6.92 Å². The Labute approximate surface area is 145 Å². The van der Waals surface area contributed by atoms with Crippen molar-refractivity contribution in [1.82, 2.24) is 9.97 Å². The van der Waals surface area contributed by atoms with Crippen LogP contribution in [0.1, 0.15) is 17.3 Å². The lowest BCUT2D eigenvalue weighted by atomic mass is 10.2. The Balaban J connectivity index is 2.28. The molecule has 1 amide bonds. The van der Waals surface area contributed by atoms with Gasteiger partial charge in [0.15, 0.2) is 11.5 Å². The summed E-state index contributed by atoms with van der Waals surface area (Å²) in [6, 6.07) is 3.32. The van der Waals surface area contributed by atoms with Crippen LogP contribution in [0.3, 0.4) is 0 Å². The molecule has 0 fully saturated rings. The van der Waals surface area contributed by atoms with Gasteiger partial charge in [0.2, 0.25) is 5.75 Å². The normalized spacial score (nSPS) is 10.1. The monoisotopic (exact) mass is 348 g/mol. The van der Waals surface area contributed by atoms with Crippen molar-refractivity contribution >= 4 is 17.4 Å². The molecule has 0 bridgehead atoms. The highest BCUT2D eigenvalue weighted by molar-refractivity contribution is 6.07. The number of anilines is 2. The maximum Gasteiger partial charge on any atom is 0.318 e. The molecule has 134 valence electrons. The minimum absolute atomic E-state index is 0.0170. The molecule has 2 rings (SSSR count). The number of carbonyl (C=O) groups excluding carboxylic acids is 1.